The molecule has 1 heterocycles. The first kappa shape index (κ1) is 10.3. The summed E-state index contributed by atoms with van der Waals surface area (Å²) in [6, 6.07) is 0. The van der Waals surface area contributed by atoms with Gasteiger partial charge in [-0.2, -0.15) is 0 Å². The first-order valence-corrected chi connectivity index (χ1v) is 4.26. The minimum Gasteiger partial charge on any atom is -0.456 e. The standard InChI is InChI=1S/C10H11NO3/c1-4-13-10(12)6-5-9-7(2)11-14-8(9)3/h4H2,1-3H3. The van der Waals surface area contributed by atoms with Gasteiger partial charge in [-0.05, 0) is 26.7 Å². The zero-order valence-electron chi connectivity index (χ0n) is 8.38. The van der Waals surface area contributed by atoms with Crippen molar-refractivity contribution in [1.29, 1.82) is 0 Å². The van der Waals surface area contributed by atoms with Gasteiger partial charge in [0.15, 0.2) is 0 Å². The van der Waals surface area contributed by atoms with E-state index in [1.165, 1.54) is 0 Å². The number of nitrogens with zero attached hydrogens (tertiary/aromatic N) is 1. The van der Waals surface area contributed by atoms with E-state index in [0.29, 0.717) is 23.6 Å². The molecule has 0 fully saturated rings. The van der Waals surface area contributed by atoms with Crippen LogP contribution in [0.2, 0.25) is 0 Å². The molecule has 0 aliphatic carbocycles. The van der Waals surface area contributed by atoms with Crippen molar-refractivity contribution >= 4 is 5.97 Å². The van der Waals surface area contributed by atoms with Gasteiger partial charge in [0.05, 0.1) is 17.9 Å². The van der Waals surface area contributed by atoms with E-state index in [1.807, 2.05) is 0 Å². The minimum atomic E-state index is -0.535. The Balaban J connectivity index is 2.82. The highest BCUT2D eigenvalue weighted by molar-refractivity contribution is 5.89. The van der Waals surface area contributed by atoms with Crippen LogP contribution < -0.4 is 0 Å². The molecule has 0 aliphatic rings. The second kappa shape index (κ2) is 4.47. The highest BCUT2D eigenvalue weighted by Gasteiger charge is 2.05. The van der Waals surface area contributed by atoms with Crippen LogP contribution in [-0.2, 0) is 9.53 Å². The Labute approximate surface area is 82.2 Å². The number of aromatic nitrogens is 1. The number of aryl methyl sites for hydroxylation is 2. The molecular formula is C10H11NO3. The maximum Gasteiger partial charge on any atom is 0.384 e. The van der Waals surface area contributed by atoms with Crippen molar-refractivity contribution < 1.29 is 14.1 Å². The van der Waals surface area contributed by atoms with Gasteiger partial charge in [0.25, 0.3) is 0 Å². The molecule has 14 heavy (non-hydrogen) atoms. The van der Waals surface area contributed by atoms with Crippen LogP contribution in [0.25, 0.3) is 0 Å². The molecule has 0 amide bonds. The molecule has 4 nitrogen and oxygen atoms in total. The molecule has 4 heteroatoms. The molecule has 0 N–H and O–H groups in total. The first-order chi connectivity index (χ1) is 6.65. The number of rotatable bonds is 1. The average molecular weight is 193 g/mol. The Morgan fingerprint density at radius 3 is 2.79 bits per heavy atom. The van der Waals surface area contributed by atoms with Crippen molar-refractivity contribution in [3.05, 3.63) is 17.0 Å². The highest BCUT2D eigenvalue weighted by atomic mass is 16.5. The van der Waals surface area contributed by atoms with E-state index < -0.39 is 5.97 Å². The fourth-order valence-electron chi connectivity index (χ4n) is 0.942. The van der Waals surface area contributed by atoms with Gasteiger partial charge in [-0.1, -0.05) is 5.16 Å². The summed E-state index contributed by atoms with van der Waals surface area (Å²) in [5, 5.41) is 3.71. The summed E-state index contributed by atoms with van der Waals surface area (Å²) < 4.78 is 9.54. The van der Waals surface area contributed by atoms with Gasteiger partial charge in [-0.15, -0.1) is 0 Å². The predicted octanol–water partition coefficient (Wildman–Crippen LogP) is 1.21. The number of hydrogen-bond donors (Lipinski definition) is 0. The third-order valence-corrected chi connectivity index (χ3v) is 1.60. The Morgan fingerprint density at radius 2 is 2.29 bits per heavy atom. The monoisotopic (exact) mass is 193 g/mol. The molecule has 74 valence electrons. The highest BCUT2D eigenvalue weighted by Crippen LogP contribution is 2.09. The molecule has 0 spiro atoms. The molecule has 1 aromatic heterocycles. The van der Waals surface area contributed by atoms with Crippen LogP contribution in [0, 0.1) is 25.7 Å². The summed E-state index contributed by atoms with van der Waals surface area (Å²) in [7, 11) is 0. The normalized spacial score (nSPS) is 9.07. The first-order valence-electron chi connectivity index (χ1n) is 4.26. The lowest BCUT2D eigenvalue weighted by Crippen LogP contribution is -1.99. The van der Waals surface area contributed by atoms with Crippen LogP contribution in [0.4, 0.5) is 0 Å². The van der Waals surface area contributed by atoms with Gasteiger partial charge in [-0.3, -0.25) is 0 Å². The summed E-state index contributed by atoms with van der Waals surface area (Å²) in [4.78, 5) is 10.9. The summed E-state index contributed by atoms with van der Waals surface area (Å²) in [6.45, 7) is 5.57. The zero-order valence-corrected chi connectivity index (χ0v) is 8.38. The van der Waals surface area contributed by atoms with Crippen LogP contribution >= 0.6 is 0 Å². The van der Waals surface area contributed by atoms with Gasteiger partial charge >= 0.3 is 5.97 Å². The minimum absolute atomic E-state index is 0.328. The smallest absolute Gasteiger partial charge is 0.384 e. The van der Waals surface area contributed by atoms with Crippen LogP contribution in [0.1, 0.15) is 23.9 Å². The van der Waals surface area contributed by atoms with E-state index >= 15 is 0 Å². The van der Waals surface area contributed by atoms with E-state index in [0.717, 1.165) is 0 Å². The van der Waals surface area contributed by atoms with Gasteiger partial charge < -0.3 is 9.26 Å². The topological polar surface area (TPSA) is 52.3 Å². The lowest BCUT2D eigenvalue weighted by Gasteiger charge is -1.90. The molecular weight excluding hydrogens is 182 g/mol. The molecule has 0 saturated heterocycles. The molecule has 0 bridgehead atoms. The number of ether oxygens (including phenoxy) is 1. The molecule has 0 unspecified atom stereocenters. The zero-order chi connectivity index (χ0) is 10.6. The summed E-state index contributed by atoms with van der Waals surface area (Å²) in [5.74, 6) is 5.10. The van der Waals surface area contributed by atoms with Crippen molar-refractivity contribution in [2.24, 2.45) is 0 Å². The largest absolute Gasteiger partial charge is 0.456 e. The predicted molar refractivity (Wildman–Crippen MR) is 49.5 cm³/mol. The van der Waals surface area contributed by atoms with Crippen molar-refractivity contribution in [3.8, 4) is 11.8 Å². The van der Waals surface area contributed by atoms with Crippen LogP contribution in [0.3, 0.4) is 0 Å². The quantitative estimate of drug-likeness (QED) is 0.497. The van der Waals surface area contributed by atoms with Crippen molar-refractivity contribution in [2.45, 2.75) is 20.8 Å². The number of esters is 1. The molecule has 1 aromatic rings. The molecule has 0 aromatic carbocycles. The lowest BCUT2D eigenvalue weighted by molar-refractivity contribution is -0.136. The second-order valence-electron chi connectivity index (χ2n) is 2.67. The van der Waals surface area contributed by atoms with Crippen LogP contribution in [-0.4, -0.2) is 17.7 Å². The maximum absolute atomic E-state index is 10.9. The van der Waals surface area contributed by atoms with Crippen molar-refractivity contribution in [3.63, 3.8) is 0 Å². The summed E-state index contributed by atoms with van der Waals surface area (Å²) in [6.07, 6.45) is 0. The number of hydrogen-bond acceptors (Lipinski definition) is 4. The fraction of sp³-hybridized carbons (Fsp3) is 0.400. The van der Waals surface area contributed by atoms with Gasteiger partial charge in [0, 0.05) is 5.92 Å². The Morgan fingerprint density at radius 1 is 1.57 bits per heavy atom. The van der Waals surface area contributed by atoms with Crippen molar-refractivity contribution in [1.82, 2.24) is 5.16 Å². The average Bonchev–Trinajstić information content (AvgIpc) is 2.44. The van der Waals surface area contributed by atoms with E-state index in [2.05, 4.69) is 21.7 Å². The number of carbonyl (C=O) groups excluding carboxylic acids is 1. The van der Waals surface area contributed by atoms with Crippen LogP contribution in [0.5, 0.6) is 0 Å². The third-order valence-electron chi connectivity index (χ3n) is 1.60. The lowest BCUT2D eigenvalue weighted by atomic mass is 10.2. The SMILES string of the molecule is CCOC(=O)C#Cc1c(C)noc1C. The summed E-state index contributed by atoms with van der Waals surface area (Å²) in [5.41, 5.74) is 1.33. The molecule has 1 rings (SSSR count). The van der Waals surface area contributed by atoms with Gasteiger partial charge in [0.2, 0.25) is 0 Å². The maximum atomic E-state index is 10.9. The molecule has 0 radical (unpaired) electrons. The third kappa shape index (κ3) is 2.36. The van der Waals surface area contributed by atoms with E-state index in [9.17, 15) is 4.79 Å². The molecule has 0 aliphatic heterocycles. The van der Waals surface area contributed by atoms with Crippen molar-refractivity contribution in [2.75, 3.05) is 6.61 Å². The Hall–Kier alpha value is -1.76. The van der Waals surface area contributed by atoms with Gasteiger partial charge in [0.1, 0.15) is 5.76 Å². The van der Waals surface area contributed by atoms with Gasteiger partial charge in [-0.25, -0.2) is 4.79 Å². The van der Waals surface area contributed by atoms with E-state index in [1.54, 1.807) is 20.8 Å². The fourth-order valence-corrected chi connectivity index (χ4v) is 0.942. The summed E-state index contributed by atoms with van der Waals surface area (Å²) >= 11 is 0. The Kier molecular flexibility index (Phi) is 3.29. The molecule has 0 atom stereocenters. The Bertz CT molecular complexity index is 376. The van der Waals surface area contributed by atoms with Crippen LogP contribution in [0.15, 0.2) is 4.52 Å². The molecule has 0 saturated carbocycles. The van der Waals surface area contributed by atoms with E-state index in [-0.39, 0.29) is 0 Å². The van der Waals surface area contributed by atoms with E-state index in [4.69, 9.17) is 4.52 Å². The number of carbonyl (C=O) groups is 1. The second-order valence-corrected chi connectivity index (χ2v) is 2.67.